The Labute approximate surface area is 165 Å². The summed E-state index contributed by atoms with van der Waals surface area (Å²) < 4.78 is 16.8. The normalized spacial score (nSPS) is 19.2. The minimum absolute atomic E-state index is 0.179. The number of nitrogens with one attached hydrogen (secondary N) is 1. The van der Waals surface area contributed by atoms with Crippen LogP contribution in [0.2, 0.25) is 0 Å². The number of anilines is 1. The van der Waals surface area contributed by atoms with Gasteiger partial charge < -0.3 is 24.2 Å². The molecule has 2 aliphatic rings. The van der Waals surface area contributed by atoms with E-state index in [-0.39, 0.29) is 12.1 Å². The molecule has 7 nitrogen and oxygen atoms in total. The van der Waals surface area contributed by atoms with Crippen LogP contribution in [0.5, 0.6) is 5.75 Å². The lowest BCUT2D eigenvalue weighted by molar-refractivity contribution is -0.0110. The van der Waals surface area contributed by atoms with Crippen LogP contribution in [-0.4, -0.2) is 42.5 Å². The van der Waals surface area contributed by atoms with Gasteiger partial charge in [-0.15, -0.1) is 0 Å². The van der Waals surface area contributed by atoms with Gasteiger partial charge in [-0.2, -0.15) is 0 Å². The van der Waals surface area contributed by atoms with E-state index in [0.29, 0.717) is 19.1 Å². The molecule has 1 aromatic carbocycles. The van der Waals surface area contributed by atoms with Gasteiger partial charge in [0.2, 0.25) is 0 Å². The lowest BCUT2D eigenvalue weighted by Gasteiger charge is -2.22. The first-order chi connectivity index (χ1) is 13.7. The van der Waals surface area contributed by atoms with Crippen molar-refractivity contribution < 1.29 is 18.8 Å². The summed E-state index contributed by atoms with van der Waals surface area (Å²) in [6.07, 6.45) is 5.89. The first-order valence-electron chi connectivity index (χ1n) is 9.99. The highest BCUT2D eigenvalue weighted by atomic mass is 16.5. The quantitative estimate of drug-likeness (QED) is 0.774. The summed E-state index contributed by atoms with van der Waals surface area (Å²) in [5, 5.41) is 6.94. The first-order valence-corrected chi connectivity index (χ1v) is 9.99. The average Bonchev–Trinajstić information content (AvgIpc) is 3.47. The van der Waals surface area contributed by atoms with Crippen molar-refractivity contribution >= 4 is 11.7 Å². The SMILES string of the molecule is CN(Cc1cc(C2CC2)on1)C(=O)Nc1ccc(OC[C@@H]2CCCCO2)cc1. The minimum Gasteiger partial charge on any atom is -0.491 e. The van der Waals surface area contributed by atoms with Crippen molar-refractivity contribution in [2.45, 2.75) is 50.7 Å². The minimum atomic E-state index is -0.194. The van der Waals surface area contributed by atoms with Crippen LogP contribution in [0.4, 0.5) is 10.5 Å². The molecule has 0 bridgehead atoms. The summed E-state index contributed by atoms with van der Waals surface area (Å²) in [5.74, 6) is 2.22. The summed E-state index contributed by atoms with van der Waals surface area (Å²) in [5.41, 5.74) is 1.49. The van der Waals surface area contributed by atoms with E-state index in [1.807, 2.05) is 30.3 Å². The molecule has 1 saturated carbocycles. The molecule has 1 aliphatic carbocycles. The molecule has 2 aromatic rings. The monoisotopic (exact) mass is 385 g/mol. The molecule has 2 amide bonds. The molecular formula is C21H27N3O4. The second-order valence-corrected chi connectivity index (χ2v) is 7.61. The van der Waals surface area contributed by atoms with E-state index in [4.69, 9.17) is 14.0 Å². The zero-order valence-electron chi connectivity index (χ0n) is 16.2. The van der Waals surface area contributed by atoms with Crippen molar-refractivity contribution in [2.24, 2.45) is 0 Å². The Morgan fingerprint density at radius 2 is 2.07 bits per heavy atom. The van der Waals surface area contributed by atoms with E-state index in [2.05, 4.69) is 10.5 Å². The van der Waals surface area contributed by atoms with Gasteiger partial charge in [-0.05, 0) is 56.4 Å². The molecule has 4 rings (SSSR count). The largest absolute Gasteiger partial charge is 0.491 e. The van der Waals surface area contributed by atoms with Gasteiger partial charge in [-0.1, -0.05) is 5.16 Å². The molecule has 2 fully saturated rings. The highest BCUT2D eigenvalue weighted by Crippen LogP contribution is 2.40. The van der Waals surface area contributed by atoms with E-state index in [9.17, 15) is 4.79 Å². The molecule has 0 unspecified atom stereocenters. The van der Waals surface area contributed by atoms with Crippen molar-refractivity contribution in [3.05, 3.63) is 41.8 Å². The van der Waals surface area contributed by atoms with Crippen molar-refractivity contribution in [3.63, 3.8) is 0 Å². The number of ether oxygens (including phenoxy) is 2. The third kappa shape index (κ3) is 5.04. The Kier molecular flexibility index (Phi) is 5.81. The standard InChI is InChI=1S/C21H27N3O4/c1-24(13-17-12-20(28-23-17)15-5-6-15)21(25)22-16-7-9-18(10-8-16)27-14-19-4-2-3-11-26-19/h7-10,12,15,19H,2-6,11,13-14H2,1H3,(H,22,25)/t19-/m0/s1. The van der Waals surface area contributed by atoms with Crippen molar-refractivity contribution in [2.75, 3.05) is 25.6 Å². The van der Waals surface area contributed by atoms with Gasteiger partial charge in [-0.3, -0.25) is 0 Å². The number of aromatic nitrogens is 1. The molecule has 1 saturated heterocycles. The van der Waals surface area contributed by atoms with Crippen LogP contribution in [0.15, 0.2) is 34.9 Å². The highest BCUT2D eigenvalue weighted by Gasteiger charge is 2.28. The summed E-state index contributed by atoms with van der Waals surface area (Å²) >= 11 is 0. The zero-order chi connectivity index (χ0) is 19.3. The predicted molar refractivity (Wildman–Crippen MR) is 104 cm³/mol. The second kappa shape index (κ2) is 8.65. The Bertz CT molecular complexity index is 779. The van der Waals surface area contributed by atoms with E-state index in [1.165, 1.54) is 19.3 Å². The molecule has 150 valence electrons. The van der Waals surface area contributed by atoms with Crippen LogP contribution >= 0.6 is 0 Å². The number of urea groups is 1. The molecule has 1 aromatic heterocycles. The molecule has 1 atom stereocenters. The number of carbonyl (C=O) groups is 1. The van der Waals surface area contributed by atoms with E-state index in [1.54, 1.807) is 11.9 Å². The molecule has 0 spiro atoms. The zero-order valence-corrected chi connectivity index (χ0v) is 16.2. The number of hydrogen-bond acceptors (Lipinski definition) is 5. The van der Waals surface area contributed by atoms with E-state index in [0.717, 1.165) is 42.3 Å². The van der Waals surface area contributed by atoms with Gasteiger partial charge in [0.1, 0.15) is 23.8 Å². The lowest BCUT2D eigenvalue weighted by atomic mass is 10.1. The Hall–Kier alpha value is -2.54. The fourth-order valence-corrected chi connectivity index (χ4v) is 3.26. The highest BCUT2D eigenvalue weighted by molar-refractivity contribution is 5.89. The van der Waals surface area contributed by atoms with Crippen LogP contribution in [0.25, 0.3) is 0 Å². The van der Waals surface area contributed by atoms with Crippen LogP contribution in [0, 0.1) is 0 Å². The number of rotatable bonds is 7. The van der Waals surface area contributed by atoms with Crippen LogP contribution in [-0.2, 0) is 11.3 Å². The summed E-state index contributed by atoms with van der Waals surface area (Å²) in [6.45, 7) is 1.79. The maximum absolute atomic E-state index is 12.4. The van der Waals surface area contributed by atoms with Gasteiger partial charge >= 0.3 is 6.03 Å². The number of carbonyl (C=O) groups excluding carboxylic acids is 1. The molecule has 7 heteroatoms. The average molecular weight is 385 g/mol. The molecule has 28 heavy (non-hydrogen) atoms. The Balaban J connectivity index is 1.23. The van der Waals surface area contributed by atoms with Gasteiger partial charge in [0.05, 0.1) is 12.6 Å². The lowest BCUT2D eigenvalue weighted by Crippen LogP contribution is -2.30. The third-order valence-electron chi connectivity index (χ3n) is 5.12. The fourth-order valence-electron chi connectivity index (χ4n) is 3.26. The topological polar surface area (TPSA) is 76.8 Å². The Morgan fingerprint density at radius 1 is 1.25 bits per heavy atom. The van der Waals surface area contributed by atoms with Crippen LogP contribution < -0.4 is 10.1 Å². The van der Waals surface area contributed by atoms with E-state index >= 15 is 0 Å². The first kappa shape index (κ1) is 18.8. The van der Waals surface area contributed by atoms with Crippen molar-refractivity contribution in [3.8, 4) is 5.75 Å². The predicted octanol–water partition coefficient (Wildman–Crippen LogP) is 4.16. The smallest absolute Gasteiger partial charge is 0.321 e. The second-order valence-electron chi connectivity index (χ2n) is 7.61. The number of benzene rings is 1. The van der Waals surface area contributed by atoms with Gasteiger partial charge in [0, 0.05) is 31.3 Å². The van der Waals surface area contributed by atoms with Crippen LogP contribution in [0.1, 0.15) is 49.5 Å². The summed E-state index contributed by atoms with van der Waals surface area (Å²) in [4.78, 5) is 14.0. The molecule has 0 radical (unpaired) electrons. The maximum atomic E-state index is 12.4. The van der Waals surface area contributed by atoms with Crippen molar-refractivity contribution in [1.29, 1.82) is 0 Å². The molecule has 2 heterocycles. The van der Waals surface area contributed by atoms with Crippen molar-refractivity contribution in [1.82, 2.24) is 10.1 Å². The number of nitrogens with zero attached hydrogens (tertiary/aromatic N) is 2. The van der Waals surface area contributed by atoms with E-state index < -0.39 is 0 Å². The Morgan fingerprint density at radius 3 is 2.79 bits per heavy atom. The summed E-state index contributed by atoms with van der Waals surface area (Å²) in [6, 6.07) is 9.15. The van der Waals surface area contributed by atoms with Crippen LogP contribution in [0.3, 0.4) is 0 Å². The number of amides is 2. The van der Waals surface area contributed by atoms with Gasteiger partial charge in [0.15, 0.2) is 0 Å². The number of hydrogen-bond donors (Lipinski definition) is 1. The van der Waals surface area contributed by atoms with Gasteiger partial charge in [0.25, 0.3) is 0 Å². The maximum Gasteiger partial charge on any atom is 0.321 e. The third-order valence-corrected chi connectivity index (χ3v) is 5.12. The molecule has 1 N–H and O–H groups in total. The molecule has 1 aliphatic heterocycles. The fraction of sp³-hybridized carbons (Fsp3) is 0.524. The van der Waals surface area contributed by atoms with Gasteiger partial charge in [-0.25, -0.2) is 4.79 Å². The molecular weight excluding hydrogens is 358 g/mol. The summed E-state index contributed by atoms with van der Waals surface area (Å²) in [7, 11) is 1.74.